The first-order chi connectivity index (χ1) is 11.4. The van der Waals surface area contributed by atoms with E-state index in [2.05, 4.69) is 10.3 Å². The molecule has 126 valence electrons. The molecule has 2 rings (SSSR count). The maximum absolute atomic E-state index is 12.4. The number of carbonyl (C=O) groups excluding carboxylic acids is 1. The fourth-order valence-electron chi connectivity index (χ4n) is 2.36. The van der Waals surface area contributed by atoms with Crippen LogP contribution in [0.25, 0.3) is 0 Å². The van der Waals surface area contributed by atoms with Crippen molar-refractivity contribution in [3.8, 4) is 5.75 Å². The number of pyridine rings is 1. The molecule has 0 bridgehead atoms. The van der Waals surface area contributed by atoms with Gasteiger partial charge in [-0.05, 0) is 44.2 Å². The number of carbonyl (C=O) groups is 2. The summed E-state index contributed by atoms with van der Waals surface area (Å²) in [7, 11) is 1.43. The van der Waals surface area contributed by atoms with E-state index in [1.165, 1.54) is 25.3 Å². The number of aromatic nitrogens is 1. The first-order valence-corrected chi connectivity index (χ1v) is 7.55. The number of carboxylic acids is 1. The number of aryl methyl sites for hydroxylation is 1. The summed E-state index contributed by atoms with van der Waals surface area (Å²) in [6.07, 6.45) is 0.586. The molecule has 0 saturated heterocycles. The highest BCUT2D eigenvalue weighted by Crippen LogP contribution is 2.17. The van der Waals surface area contributed by atoms with Crippen LogP contribution in [0.2, 0.25) is 0 Å². The minimum absolute atomic E-state index is 0.00695. The summed E-state index contributed by atoms with van der Waals surface area (Å²) < 4.78 is 5.06. The third kappa shape index (κ3) is 4.55. The van der Waals surface area contributed by atoms with Gasteiger partial charge in [-0.3, -0.25) is 9.78 Å². The number of aromatic carboxylic acids is 1. The summed E-state index contributed by atoms with van der Waals surface area (Å²) in [5.41, 5.74) is 2.06. The van der Waals surface area contributed by atoms with Crippen molar-refractivity contribution in [1.29, 1.82) is 0 Å². The van der Waals surface area contributed by atoms with Gasteiger partial charge in [-0.2, -0.15) is 0 Å². The highest BCUT2D eigenvalue weighted by atomic mass is 16.5. The number of carboxylic acid groups (broad SMARTS) is 1. The zero-order valence-electron chi connectivity index (χ0n) is 13.9. The molecule has 24 heavy (non-hydrogen) atoms. The SMILES string of the molecule is COc1cc(C(=O)O)cc(C(=O)N[C@@H](C)Cc2cccc(C)n2)c1. The van der Waals surface area contributed by atoms with Crippen molar-refractivity contribution < 1.29 is 19.4 Å². The third-order valence-corrected chi connectivity index (χ3v) is 3.49. The molecule has 2 N–H and O–H groups in total. The van der Waals surface area contributed by atoms with Gasteiger partial charge in [-0.15, -0.1) is 0 Å². The molecule has 6 heteroatoms. The molecule has 0 radical (unpaired) electrons. The number of ether oxygens (including phenoxy) is 1. The fourth-order valence-corrected chi connectivity index (χ4v) is 2.36. The van der Waals surface area contributed by atoms with Crippen LogP contribution in [0.15, 0.2) is 36.4 Å². The molecular formula is C18H20N2O4. The summed E-state index contributed by atoms with van der Waals surface area (Å²) in [4.78, 5) is 27.9. The summed E-state index contributed by atoms with van der Waals surface area (Å²) in [6.45, 7) is 3.79. The average Bonchev–Trinajstić information content (AvgIpc) is 2.54. The number of rotatable bonds is 6. The van der Waals surface area contributed by atoms with Crippen molar-refractivity contribution >= 4 is 11.9 Å². The summed E-state index contributed by atoms with van der Waals surface area (Å²) in [5.74, 6) is -1.13. The van der Waals surface area contributed by atoms with E-state index in [0.29, 0.717) is 12.2 Å². The first-order valence-electron chi connectivity index (χ1n) is 7.55. The van der Waals surface area contributed by atoms with E-state index in [4.69, 9.17) is 9.84 Å². The van der Waals surface area contributed by atoms with E-state index in [1.807, 2.05) is 32.0 Å². The second-order valence-corrected chi connectivity index (χ2v) is 5.60. The third-order valence-electron chi connectivity index (χ3n) is 3.49. The molecule has 1 aromatic carbocycles. The highest BCUT2D eigenvalue weighted by molar-refractivity contribution is 5.98. The van der Waals surface area contributed by atoms with Crippen LogP contribution in [0.5, 0.6) is 5.75 Å². The maximum atomic E-state index is 12.4. The number of amides is 1. The van der Waals surface area contributed by atoms with Crippen molar-refractivity contribution in [3.05, 3.63) is 58.9 Å². The molecule has 0 fully saturated rings. The van der Waals surface area contributed by atoms with E-state index in [1.54, 1.807) is 0 Å². The molecule has 0 aliphatic carbocycles. The Hall–Kier alpha value is -2.89. The predicted octanol–water partition coefficient (Wildman–Crippen LogP) is 2.46. The monoisotopic (exact) mass is 328 g/mol. The van der Waals surface area contributed by atoms with Crippen LogP contribution in [-0.2, 0) is 6.42 Å². The Morgan fingerprint density at radius 3 is 2.58 bits per heavy atom. The lowest BCUT2D eigenvalue weighted by molar-refractivity contribution is 0.0696. The van der Waals surface area contributed by atoms with Crippen LogP contribution in [0.4, 0.5) is 0 Å². The van der Waals surface area contributed by atoms with Crippen molar-refractivity contribution in [1.82, 2.24) is 10.3 Å². The molecule has 0 spiro atoms. The van der Waals surface area contributed by atoms with Crippen LogP contribution in [-0.4, -0.2) is 35.1 Å². The number of hydrogen-bond donors (Lipinski definition) is 2. The molecule has 6 nitrogen and oxygen atoms in total. The summed E-state index contributed by atoms with van der Waals surface area (Å²) in [5, 5.41) is 12.0. The second-order valence-electron chi connectivity index (χ2n) is 5.60. The van der Waals surface area contributed by atoms with Crippen LogP contribution >= 0.6 is 0 Å². The van der Waals surface area contributed by atoms with Crippen LogP contribution in [0, 0.1) is 6.92 Å². The minimum Gasteiger partial charge on any atom is -0.497 e. The smallest absolute Gasteiger partial charge is 0.335 e. The average molecular weight is 328 g/mol. The zero-order chi connectivity index (χ0) is 17.7. The normalized spacial score (nSPS) is 11.6. The minimum atomic E-state index is -1.11. The lowest BCUT2D eigenvalue weighted by Crippen LogP contribution is -2.34. The lowest BCUT2D eigenvalue weighted by Gasteiger charge is -2.14. The highest BCUT2D eigenvalue weighted by Gasteiger charge is 2.15. The van der Waals surface area contributed by atoms with Gasteiger partial charge in [0.2, 0.25) is 0 Å². The van der Waals surface area contributed by atoms with E-state index in [0.717, 1.165) is 11.4 Å². The van der Waals surface area contributed by atoms with Crippen molar-refractivity contribution in [2.75, 3.05) is 7.11 Å². The van der Waals surface area contributed by atoms with Gasteiger partial charge in [0.05, 0.1) is 12.7 Å². The summed E-state index contributed by atoms with van der Waals surface area (Å²) >= 11 is 0. The van der Waals surface area contributed by atoms with E-state index in [9.17, 15) is 9.59 Å². The standard InChI is InChI=1S/C18H20N2O4/c1-11-5-4-6-15(19-11)7-12(2)20-17(21)13-8-14(18(22)23)10-16(9-13)24-3/h4-6,8-10,12H,7H2,1-3H3,(H,20,21)(H,22,23)/t12-/m0/s1. The molecule has 1 amide bonds. The van der Waals surface area contributed by atoms with Gasteiger partial charge in [0, 0.05) is 29.4 Å². The predicted molar refractivity (Wildman–Crippen MR) is 89.6 cm³/mol. The molecule has 0 saturated carbocycles. The molecule has 0 aliphatic heterocycles. The van der Waals surface area contributed by atoms with E-state index >= 15 is 0 Å². The van der Waals surface area contributed by atoms with Crippen LogP contribution in [0.1, 0.15) is 39.0 Å². The molecule has 0 unspecified atom stereocenters. The lowest BCUT2D eigenvalue weighted by atomic mass is 10.1. The van der Waals surface area contributed by atoms with E-state index < -0.39 is 5.97 Å². The maximum Gasteiger partial charge on any atom is 0.335 e. The van der Waals surface area contributed by atoms with E-state index in [-0.39, 0.29) is 23.1 Å². The van der Waals surface area contributed by atoms with Crippen LogP contribution in [0.3, 0.4) is 0 Å². The van der Waals surface area contributed by atoms with Gasteiger partial charge in [-0.25, -0.2) is 4.79 Å². The first kappa shape index (κ1) is 17.5. The van der Waals surface area contributed by atoms with Gasteiger partial charge in [0.15, 0.2) is 0 Å². The van der Waals surface area contributed by atoms with Gasteiger partial charge in [-0.1, -0.05) is 6.07 Å². The number of nitrogens with zero attached hydrogens (tertiary/aromatic N) is 1. The van der Waals surface area contributed by atoms with Gasteiger partial charge >= 0.3 is 5.97 Å². The fraction of sp³-hybridized carbons (Fsp3) is 0.278. The van der Waals surface area contributed by atoms with Crippen LogP contribution < -0.4 is 10.1 Å². The number of methoxy groups -OCH3 is 1. The Balaban J connectivity index is 2.11. The Labute approximate surface area is 140 Å². The molecule has 0 aliphatic rings. The Morgan fingerprint density at radius 2 is 1.96 bits per heavy atom. The zero-order valence-corrected chi connectivity index (χ0v) is 13.9. The number of nitrogens with one attached hydrogen (secondary N) is 1. The summed E-state index contributed by atoms with van der Waals surface area (Å²) in [6, 6.07) is 9.82. The van der Waals surface area contributed by atoms with Gasteiger partial charge in [0.1, 0.15) is 5.75 Å². The van der Waals surface area contributed by atoms with Crippen molar-refractivity contribution in [2.45, 2.75) is 26.3 Å². The number of benzene rings is 1. The number of hydrogen-bond acceptors (Lipinski definition) is 4. The molecule has 1 atom stereocenters. The quantitative estimate of drug-likeness (QED) is 0.850. The Morgan fingerprint density at radius 1 is 1.25 bits per heavy atom. The molecule has 1 aromatic heterocycles. The van der Waals surface area contributed by atoms with Crippen molar-refractivity contribution in [3.63, 3.8) is 0 Å². The molecule has 2 aromatic rings. The molecule has 1 heterocycles. The molecular weight excluding hydrogens is 308 g/mol. The van der Waals surface area contributed by atoms with Crippen molar-refractivity contribution in [2.24, 2.45) is 0 Å². The Kier molecular flexibility index (Phi) is 5.52. The van der Waals surface area contributed by atoms with Gasteiger partial charge in [0.25, 0.3) is 5.91 Å². The van der Waals surface area contributed by atoms with Gasteiger partial charge < -0.3 is 15.2 Å². The topological polar surface area (TPSA) is 88.5 Å². The second kappa shape index (κ2) is 7.59. The Bertz CT molecular complexity index is 758. The largest absolute Gasteiger partial charge is 0.497 e.